The number of benzene rings is 2. The van der Waals surface area contributed by atoms with E-state index in [1.54, 1.807) is 18.2 Å². The molecule has 1 aliphatic heterocycles. The standard InChI is InChI=1S/C20H20ClN3O3S/c1-11(12-4-6-19-15(7-12)16(22)10-28(19,26)27)23-20(25)18-8-13-3-5-14(21)9-17(13)24(18)2/h3-11,20,23,25H,22H2,1-2H3. The van der Waals surface area contributed by atoms with Gasteiger partial charge in [0, 0.05) is 34.6 Å². The highest BCUT2D eigenvalue weighted by Gasteiger charge is 2.26. The highest BCUT2D eigenvalue weighted by molar-refractivity contribution is 7.94. The molecule has 1 aliphatic rings. The van der Waals surface area contributed by atoms with Gasteiger partial charge in [-0.15, -0.1) is 0 Å². The number of aryl methyl sites for hydroxylation is 1. The van der Waals surface area contributed by atoms with Crippen LogP contribution < -0.4 is 11.1 Å². The summed E-state index contributed by atoms with van der Waals surface area (Å²) < 4.78 is 26.0. The molecule has 4 N–H and O–H groups in total. The first kappa shape index (κ1) is 19.0. The SMILES string of the molecule is CC(NC(O)c1cc2ccc(Cl)cc2n1C)c1ccc2c(c1)C(N)=CS2(=O)=O. The summed E-state index contributed by atoms with van der Waals surface area (Å²) in [4.78, 5) is 0.215. The number of fused-ring (bicyclic) bond motifs is 2. The molecular formula is C20H20ClN3O3S. The van der Waals surface area contributed by atoms with Gasteiger partial charge in [0.25, 0.3) is 0 Å². The molecule has 0 aliphatic carbocycles. The van der Waals surface area contributed by atoms with Gasteiger partial charge in [0.1, 0.15) is 6.23 Å². The average molecular weight is 418 g/mol. The van der Waals surface area contributed by atoms with Crippen LogP contribution in [-0.4, -0.2) is 18.1 Å². The lowest BCUT2D eigenvalue weighted by Gasteiger charge is -2.21. The minimum absolute atomic E-state index is 0.215. The third-order valence-corrected chi connectivity index (χ3v) is 6.90. The van der Waals surface area contributed by atoms with Gasteiger partial charge in [0.2, 0.25) is 9.84 Å². The molecule has 2 unspecified atom stereocenters. The summed E-state index contributed by atoms with van der Waals surface area (Å²) in [7, 11) is -1.59. The molecule has 8 heteroatoms. The zero-order valence-electron chi connectivity index (χ0n) is 15.3. The first-order chi connectivity index (χ1) is 13.2. The number of aromatic nitrogens is 1. The van der Waals surface area contributed by atoms with E-state index in [2.05, 4.69) is 5.32 Å². The second-order valence-corrected chi connectivity index (χ2v) is 9.20. The molecule has 146 valence electrons. The van der Waals surface area contributed by atoms with Crippen LogP contribution >= 0.6 is 11.6 Å². The second-order valence-electron chi connectivity index (χ2n) is 7.00. The van der Waals surface area contributed by atoms with Crippen LogP contribution in [0.15, 0.2) is 52.8 Å². The number of aliphatic hydroxyl groups is 1. The lowest BCUT2D eigenvalue weighted by Crippen LogP contribution is -2.26. The fourth-order valence-electron chi connectivity index (χ4n) is 3.59. The van der Waals surface area contributed by atoms with E-state index in [1.807, 2.05) is 42.8 Å². The van der Waals surface area contributed by atoms with E-state index in [1.165, 1.54) is 0 Å². The summed E-state index contributed by atoms with van der Waals surface area (Å²) >= 11 is 6.07. The van der Waals surface area contributed by atoms with Crippen LogP contribution in [0.1, 0.15) is 36.0 Å². The predicted octanol–water partition coefficient (Wildman–Crippen LogP) is 3.22. The molecule has 0 fully saturated rings. The molecule has 0 spiro atoms. The van der Waals surface area contributed by atoms with Crippen molar-refractivity contribution in [2.45, 2.75) is 24.1 Å². The quantitative estimate of drug-likeness (QED) is 0.566. The summed E-state index contributed by atoms with van der Waals surface area (Å²) in [5.41, 5.74) is 9.04. The first-order valence-electron chi connectivity index (χ1n) is 8.73. The molecule has 0 radical (unpaired) electrons. The van der Waals surface area contributed by atoms with Crippen molar-refractivity contribution >= 4 is 38.0 Å². The number of sulfone groups is 1. The molecule has 2 heterocycles. The normalized spacial score (nSPS) is 17.4. The van der Waals surface area contributed by atoms with Crippen molar-refractivity contribution in [1.29, 1.82) is 0 Å². The minimum atomic E-state index is -3.46. The van der Waals surface area contributed by atoms with Gasteiger partial charge in [-0.1, -0.05) is 23.7 Å². The Labute approximate surface area is 168 Å². The lowest BCUT2D eigenvalue weighted by molar-refractivity contribution is 0.119. The highest BCUT2D eigenvalue weighted by atomic mass is 35.5. The summed E-state index contributed by atoms with van der Waals surface area (Å²) in [5.74, 6) is 0. The van der Waals surface area contributed by atoms with Crippen LogP contribution in [-0.2, 0) is 16.9 Å². The van der Waals surface area contributed by atoms with Crippen molar-refractivity contribution < 1.29 is 13.5 Å². The predicted molar refractivity (Wildman–Crippen MR) is 110 cm³/mol. The van der Waals surface area contributed by atoms with Crippen LogP contribution in [0.3, 0.4) is 0 Å². The largest absolute Gasteiger partial charge is 0.398 e. The Hall–Kier alpha value is -2.32. The average Bonchev–Trinajstić information content (AvgIpc) is 3.08. The fourth-order valence-corrected chi connectivity index (χ4v) is 5.09. The van der Waals surface area contributed by atoms with Gasteiger partial charge in [-0.05, 0) is 42.8 Å². The number of halogens is 1. The highest BCUT2D eigenvalue weighted by Crippen LogP contribution is 2.33. The van der Waals surface area contributed by atoms with Gasteiger partial charge in [0.05, 0.1) is 21.7 Å². The van der Waals surface area contributed by atoms with Crippen LogP contribution in [0.25, 0.3) is 16.6 Å². The molecule has 28 heavy (non-hydrogen) atoms. The number of rotatable bonds is 4. The van der Waals surface area contributed by atoms with Gasteiger partial charge >= 0.3 is 0 Å². The van der Waals surface area contributed by atoms with Gasteiger partial charge in [0.15, 0.2) is 0 Å². The smallest absolute Gasteiger partial charge is 0.202 e. The van der Waals surface area contributed by atoms with Gasteiger partial charge in [-0.2, -0.15) is 0 Å². The zero-order chi connectivity index (χ0) is 20.2. The summed E-state index contributed by atoms with van der Waals surface area (Å²) in [6, 6.07) is 12.3. The van der Waals surface area contributed by atoms with Gasteiger partial charge in [-0.3, -0.25) is 5.32 Å². The van der Waals surface area contributed by atoms with Crippen molar-refractivity contribution in [3.8, 4) is 0 Å². The van der Waals surface area contributed by atoms with Crippen molar-refractivity contribution in [1.82, 2.24) is 9.88 Å². The van der Waals surface area contributed by atoms with E-state index in [0.717, 1.165) is 21.9 Å². The molecule has 0 bridgehead atoms. The van der Waals surface area contributed by atoms with E-state index in [4.69, 9.17) is 17.3 Å². The Kier molecular flexibility index (Phi) is 4.50. The fraction of sp³-hybridized carbons (Fsp3) is 0.200. The van der Waals surface area contributed by atoms with Gasteiger partial charge < -0.3 is 15.4 Å². The van der Waals surface area contributed by atoms with E-state index in [-0.39, 0.29) is 16.6 Å². The molecule has 0 amide bonds. The maximum absolute atomic E-state index is 12.0. The summed E-state index contributed by atoms with van der Waals surface area (Å²) in [5, 5.41) is 16.6. The van der Waals surface area contributed by atoms with Crippen LogP contribution in [0.4, 0.5) is 0 Å². The Morgan fingerprint density at radius 1 is 1.18 bits per heavy atom. The molecule has 6 nitrogen and oxygen atoms in total. The van der Waals surface area contributed by atoms with E-state index in [9.17, 15) is 13.5 Å². The topological polar surface area (TPSA) is 97.3 Å². The molecular weight excluding hydrogens is 398 g/mol. The third kappa shape index (κ3) is 3.10. The Bertz CT molecular complexity index is 1230. The number of nitrogens with two attached hydrogens (primary N) is 1. The summed E-state index contributed by atoms with van der Waals surface area (Å²) in [6.45, 7) is 1.90. The molecule has 0 saturated heterocycles. The maximum atomic E-state index is 12.0. The maximum Gasteiger partial charge on any atom is 0.202 e. The number of nitrogens with zero attached hydrogens (tertiary/aromatic N) is 1. The molecule has 0 saturated carbocycles. The van der Waals surface area contributed by atoms with Crippen molar-refractivity contribution in [3.63, 3.8) is 0 Å². The zero-order valence-corrected chi connectivity index (χ0v) is 16.9. The Balaban J connectivity index is 1.61. The van der Waals surface area contributed by atoms with Gasteiger partial charge in [-0.25, -0.2) is 8.42 Å². The Morgan fingerprint density at radius 2 is 1.93 bits per heavy atom. The Morgan fingerprint density at radius 3 is 2.68 bits per heavy atom. The molecule has 4 rings (SSSR count). The molecule has 3 aromatic rings. The molecule has 1 aromatic heterocycles. The number of hydrogen-bond donors (Lipinski definition) is 3. The summed E-state index contributed by atoms with van der Waals surface area (Å²) in [6.07, 6.45) is -0.920. The first-order valence-corrected chi connectivity index (χ1v) is 10.7. The van der Waals surface area contributed by atoms with Crippen LogP contribution in [0.2, 0.25) is 5.02 Å². The molecule has 2 atom stereocenters. The monoisotopic (exact) mass is 417 g/mol. The van der Waals surface area contributed by atoms with E-state index in [0.29, 0.717) is 16.3 Å². The minimum Gasteiger partial charge on any atom is -0.398 e. The van der Waals surface area contributed by atoms with E-state index >= 15 is 0 Å². The number of nitrogens with one attached hydrogen (secondary N) is 1. The second kappa shape index (κ2) is 6.63. The third-order valence-electron chi connectivity index (χ3n) is 5.14. The van der Waals surface area contributed by atoms with Crippen molar-refractivity contribution in [2.75, 3.05) is 0 Å². The molecule has 2 aromatic carbocycles. The van der Waals surface area contributed by atoms with Crippen molar-refractivity contribution in [3.05, 3.63) is 69.7 Å². The van der Waals surface area contributed by atoms with E-state index < -0.39 is 16.1 Å². The van der Waals surface area contributed by atoms with Crippen LogP contribution in [0, 0.1) is 0 Å². The van der Waals surface area contributed by atoms with Crippen LogP contribution in [0.5, 0.6) is 0 Å². The number of aliphatic hydroxyl groups excluding tert-OH is 1. The lowest BCUT2D eigenvalue weighted by atomic mass is 10.0. The number of hydrogen-bond acceptors (Lipinski definition) is 5. The van der Waals surface area contributed by atoms with Crippen molar-refractivity contribution in [2.24, 2.45) is 12.8 Å².